The Hall–Kier alpha value is -1.01. The summed E-state index contributed by atoms with van der Waals surface area (Å²) in [6, 6.07) is 19.9. The van der Waals surface area contributed by atoms with Gasteiger partial charge in [0.1, 0.15) is 0 Å². The first-order valence-corrected chi connectivity index (χ1v) is 9.90. The van der Waals surface area contributed by atoms with E-state index < -0.39 is 8.07 Å². The van der Waals surface area contributed by atoms with Crippen molar-refractivity contribution < 1.29 is 0 Å². The summed E-state index contributed by atoms with van der Waals surface area (Å²) >= 11 is 2.41. The number of hydrogen-bond donors (Lipinski definition) is 0. The van der Waals surface area contributed by atoms with E-state index in [9.17, 15) is 0 Å². The van der Waals surface area contributed by atoms with E-state index in [2.05, 4.69) is 97.6 Å². The molecule has 0 radical (unpaired) electrons. The van der Waals surface area contributed by atoms with Gasteiger partial charge < -0.3 is 0 Å². The van der Waals surface area contributed by atoms with E-state index in [0.29, 0.717) is 0 Å². The zero-order valence-electron chi connectivity index (χ0n) is 11.9. The van der Waals surface area contributed by atoms with Gasteiger partial charge in [-0.05, 0) is 0 Å². The second-order valence-electron chi connectivity index (χ2n) is 6.11. The summed E-state index contributed by atoms with van der Waals surface area (Å²) in [4.78, 5) is 0. The van der Waals surface area contributed by atoms with Crippen LogP contribution in [0.1, 0.15) is 11.1 Å². The maximum absolute atomic E-state index is 2.48. The topological polar surface area (TPSA) is 0 Å². The Balaban J connectivity index is 2.15. The fraction of sp³-hybridized carbons (Fsp3) is 0.176. The molecule has 0 bridgehead atoms. The molecule has 0 aliphatic heterocycles. The molecule has 1 atom stereocenters. The molecule has 0 spiro atoms. The van der Waals surface area contributed by atoms with E-state index in [4.69, 9.17) is 0 Å². The fourth-order valence-corrected chi connectivity index (χ4v) is 6.19. The molecule has 1 aliphatic carbocycles. The van der Waals surface area contributed by atoms with E-state index in [0.717, 1.165) is 0 Å². The first kappa shape index (κ1) is 13.0. The molecule has 2 aromatic carbocycles. The number of hydrogen-bond acceptors (Lipinski definition) is 0. The third-order valence-corrected chi connectivity index (χ3v) is 9.72. The van der Waals surface area contributed by atoms with Crippen molar-refractivity contribution in [3.63, 3.8) is 0 Å². The van der Waals surface area contributed by atoms with Crippen molar-refractivity contribution in [2.75, 3.05) is 0 Å². The Labute approximate surface area is 125 Å². The number of benzene rings is 2. The van der Waals surface area contributed by atoms with Gasteiger partial charge in [0.05, 0.1) is 0 Å². The first-order valence-electron chi connectivity index (χ1n) is 6.90. The van der Waals surface area contributed by atoms with Crippen LogP contribution in [0.4, 0.5) is 0 Å². The Morgan fingerprint density at radius 3 is 2.26 bits per heavy atom. The van der Waals surface area contributed by atoms with Gasteiger partial charge >= 0.3 is 126 Å². The van der Waals surface area contributed by atoms with Crippen molar-refractivity contribution >= 4 is 37.1 Å². The number of rotatable bonds is 2. The molecule has 2 aromatic rings. The molecule has 1 unspecified atom stereocenters. The zero-order chi connectivity index (χ0) is 13.5. The molecule has 0 N–H and O–H groups in total. The normalized spacial score (nSPS) is 21.5. The monoisotopic (exact) mass is 256 g/mol. The number of allylic oxidation sites excluding steroid dienone is 1. The van der Waals surface area contributed by atoms with Crippen LogP contribution in [-0.4, -0.2) is 25.8 Å². The molecular weight excluding hydrogens is 239 g/mol. The third-order valence-electron chi connectivity index (χ3n) is 4.91. The van der Waals surface area contributed by atoms with Crippen LogP contribution in [0.5, 0.6) is 0 Å². The summed E-state index contributed by atoms with van der Waals surface area (Å²) in [5, 5.41) is 1.53. The molecule has 0 heterocycles. The first-order chi connectivity index (χ1) is 9.06. The van der Waals surface area contributed by atoms with Crippen LogP contribution in [-0.2, 0) is 3.71 Å². The van der Waals surface area contributed by atoms with Crippen molar-refractivity contribution in [3.05, 3.63) is 71.8 Å². The molecule has 90 valence electrons. The maximum atomic E-state index is 2.48. The summed E-state index contributed by atoms with van der Waals surface area (Å²) in [6.45, 7) is 4.96. The average Bonchev–Trinajstić information content (AvgIpc) is 2.80. The molecule has 0 amide bonds. The predicted molar refractivity (Wildman–Crippen MR) is 86.5 cm³/mol. The molecule has 0 saturated carbocycles. The van der Waals surface area contributed by atoms with Crippen LogP contribution in [0.3, 0.4) is 0 Å². The summed E-state index contributed by atoms with van der Waals surface area (Å²) in [6.07, 6.45) is 4.73. The molecule has 0 aromatic heterocycles. The minimum atomic E-state index is -1.61. The van der Waals surface area contributed by atoms with Gasteiger partial charge in [0.2, 0.25) is 0 Å². The molecule has 2 heteroatoms. The zero-order valence-corrected chi connectivity index (χ0v) is 12.9. The van der Waals surface area contributed by atoms with Gasteiger partial charge in [0.25, 0.3) is 0 Å². The Morgan fingerprint density at radius 1 is 0.895 bits per heavy atom. The van der Waals surface area contributed by atoms with E-state index in [-0.39, 0.29) is 3.71 Å². The van der Waals surface area contributed by atoms with Crippen molar-refractivity contribution in [2.24, 2.45) is 0 Å². The van der Waals surface area contributed by atoms with Gasteiger partial charge in [-0.3, -0.25) is 0 Å². The summed E-state index contributed by atoms with van der Waals surface area (Å²) < 4.78 is 0.185. The molecule has 1 aliphatic rings. The Kier molecular flexibility index (Phi) is 3.10. The van der Waals surface area contributed by atoms with Crippen LogP contribution < -0.4 is 5.19 Å². The van der Waals surface area contributed by atoms with E-state index in [1.807, 2.05) is 0 Å². The standard InChI is InChI=1S/C17H17Si.Li/c1-18(2,15-9-4-3-5-10-15)17-13-12-14-8-6-7-11-16(14)17;/h3-13H,1-2H3;. The van der Waals surface area contributed by atoms with Crippen molar-refractivity contribution in [1.29, 1.82) is 0 Å². The second kappa shape index (κ2) is 4.53. The van der Waals surface area contributed by atoms with E-state index in [1.54, 1.807) is 0 Å². The SMILES string of the molecule is [Li][C]1([Si](C)(C)c2ccccc2)C=Cc2ccccc21. The molecule has 0 saturated heterocycles. The van der Waals surface area contributed by atoms with E-state index in [1.165, 1.54) is 16.3 Å². The minimum absolute atomic E-state index is 0.185. The molecule has 0 fully saturated rings. The summed E-state index contributed by atoms with van der Waals surface area (Å²) in [5.41, 5.74) is 2.89. The Bertz CT molecular complexity index is 631. The molecule has 0 nitrogen and oxygen atoms in total. The molecular formula is C17H17LiSi. The third kappa shape index (κ3) is 1.89. The van der Waals surface area contributed by atoms with Crippen molar-refractivity contribution in [1.82, 2.24) is 0 Å². The van der Waals surface area contributed by atoms with E-state index >= 15 is 0 Å². The molecule has 3 rings (SSSR count). The van der Waals surface area contributed by atoms with Crippen LogP contribution in [0, 0.1) is 0 Å². The second-order valence-corrected chi connectivity index (χ2v) is 11.0. The van der Waals surface area contributed by atoms with Crippen LogP contribution in [0.25, 0.3) is 6.08 Å². The summed E-state index contributed by atoms with van der Waals surface area (Å²) in [5.74, 6) is 0. The molecule has 19 heavy (non-hydrogen) atoms. The summed E-state index contributed by atoms with van der Waals surface area (Å²) in [7, 11) is -1.61. The van der Waals surface area contributed by atoms with Crippen molar-refractivity contribution in [3.8, 4) is 0 Å². The van der Waals surface area contributed by atoms with Crippen LogP contribution in [0.15, 0.2) is 60.7 Å². The van der Waals surface area contributed by atoms with Gasteiger partial charge in [-0.15, -0.1) is 0 Å². The fourth-order valence-electron chi connectivity index (χ4n) is 3.16. The van der Waals surface area contributed by atoms with Crippen molar-refractivity contribution in [2.45, 2.75) is 16.8 Å². The quantitative estimate of drug-likeness (QED) is 0.724. The van der Waals surface area contributed by atoms with Gasteiger partial charge in [-0.2, -0.15) is 0 Å². The number of fused-ring (bicyclic) bond motifs is 1. The van der Waals surface area contributed by atoms with Gasteiger partial charge in [0.15, 0.2) is 0 Å². The van der Waals surface area contributed by atoms with Crippen LogP contribution >= 0.6 is 0 Å². The van der Waals surface area contributed by atoms with Gasteiger partial charge in [-0.1, -0.05) is 0 Å². The predicted octanol–water partition coefficient (Wildman–Crippen LogP) is 3.23. The average molecular weight is 256 g/mol. The van der Waals surface area contributed by atoms with Gasteiger partial charge in [0, 0.05) is 0 Å². The van der Waals surface area contributed by atoms with Gasteiger partial charge in [-0.25, -0.2) is 0 Å². The van der Waals surface area contributed by atoms with Crippen LogP contribution in [0.2, 0.25) is 13.1 Å². The Morgan fingerprint density at radius 2 is 1.53 bits per heavy atom.